The molecule has 0 spiro atoms. The predicted molar refractivity (Wildman–Crippen MR) is 98.3 cm³/mol. The van der Waals surface area contributed by atoms with Crippen LogP contribution in [0.15, 0.2) is 27.9 Å². The van der Waals surface area contributed by atoms with Crippen LogP contribution in [0.2, 0.25) is 10.0 Å². The second-order valence-electron chi connectivity index (χ2n) is 5.71. The predicted octanol–water partition coefficient (Wildman–Crippen LogP) is 4.33. The number of halogens is 2. The van der Waals surface area contributed by atoms with Crippen LogP contribution >= 0.6 is 35.0 Å². The summed E-state index contributed by atoms with van der Waals surface area (Å²) in [5, 5.41) is 13.6. The normalized spacial score (nSPS) is 12.7. The van der Waals surface area contributed by atoms with Crippen molar-refractivity contribution in [1.29, 1.82) is 0 Å². The van der Waals surface area contributed by atoms with Gasteiger partial charge in [-0.25, -0.2) is 4.68 Å². The van der Waals surface area contributed by atoms with Gasteiger partial charge in [-0.05, 0) is 25.1 Å². The molecule has 132 valence electrons. The lowest BCUT2D eigenvalue weighted by Gasteiger charge is -2.07. The summed E-state index contributed by atoms with van der Waals surface area (Å²) in [4.78, 5) is 4.39. The topological polar surface area (TPSA) is 95.7 Å². The Kier molecular flexibility index (Phi) is 5.21. The van der Waals surface area contributed by atoms with Crippen molar-refractivity contribution >= 4 is 35.0 Å². The summed E-state index contributed by atoms with van der Waals surface area (Å²) in [6.45, 7) is 5.95. The van der Waals surface area contributed by atoms with Crippen LogP contribution < -0.4 is 5.84 Å². The summed E-state index contributed by atoms with van der Waals surface area (Å²) in [5.74, 6) is 7.97. The third-order valence-electron chi connectivity index (χ3n) is 3.44. The Balaban J connectivity index is 1.83. The summed E-state index contributed by atoms with van der Waals surface area (Å²) in [6, 6.07) is 5.11. The lowest BCUT2D eigenvalue weighted by Crippen LogP contribution is -2.12. The molecule has 1 atom stereocenters. The average molecular weight is 399 g/mol. The Bertz CT molecular complexity index is 894. The third-order valence-corrected chi connectivity index (χ3v) is 5.03. The standard InChI is InChI=1S/C15H16Cl2N6OS/c1-7(2)12-19-14(24-22-12)8(3)25-15-21-20-13(23(15)18)10-5-4-9(16)6-11(10)17/h4-8H,18H2,1-3H3. The van der Waals surface area contributed by atoms with Crippen LogP contribution in [-0.2, 0) is 0 Å². The zero-order valence-corrected chi connectivity index (χ0v) is 16.1. The number of aromatic nitrogens is 5. The quantitative estimate of drug-likeness (QED) is 0.504. The van der Waals surface area contributed by atoms with Gasteiger partial charge in [0.05, 0.1) is 10.3 Å². The first kappa shape index (κ1) is 18.0. The number of thioether (sulfide) groups is 1. The minimum absolute atomic E-state index is 0.125. The first-order chi connectivity index (χ1) is 11.9. The average Bonchev–Trinajstić information content (AvgIpc) is 3.16. The molecule has 25 heavy (non-hydrogen) atoms. The Hall–Kier alpha value is -1.77. The first-order valence-corrected chi connectivity index (χ1v) is 9.16. The van der Waals surface area contributed by atoms with E-state index >= 15 is 0 Å². The van der Waals surface area contributed by atoms with Gasteiger partial charge in [-0.15, -0.1) is 10.2 Å². The molecule has 0 aliphatic rings. The van der Waals surface area contributed by atoms with Gasteiger partial charge in [0.15, 0.2) is 11.6 Å². The highest BCUT2D eigenvalue weighted by molar-refractivity contribution is 7.99. The van der Waals surface area contributed by atoms with E-state index in [1.54, 1.807) is 18.2 Å². The van der Waals surface area contributed by atoms with Crippen LogP contribution in [0.25, 0.3) is 11.4 Å². The fourth-order valence-corrected chi connectivity index (χ4v) is 3.36. The van der Waals surface area contributed by atoms with Gasteiger partial charge in [0, 0.05) is 16.5 Å². The highest BCUT2D eigenvalue weighted by Crippen LogP contribution is 2.35. The summed E-state index contributed by atoms with van der Waals surface area (Å²) < 4.78 is 6.69. The second-order valence-corrected chi connectivity index (χ2v) is 7.86. The number of hydrogen-bond acceptors (Lipinski definition) is 7. The van der Waals surface area contributed by atoms with Crippen LogP contribution in [0.5, 0.6) is 0 Å². The smallest absolute Gasteiger partial charge is 0.239 e. The van der Waals surface area contributed by atoms with Gasteiger partial charge in [-0.1, -0.05) is 54.0 Å². The van der Waals surface area contributed by atoms with Gasteiger partial charge in [0.25, 0.3) is 0 Å². The van der Waals surface area contributed by atoms with Gasteiger partial charge in [0.1, 0.15) is 0 Å². The van der Waals surface area contributed by atoms with E-state index in [0.29, 0.717) is 38.3 Å². The van der Waals surface area contributed by atoms with Crippen molar-refractivity contribution in [2.75, 3.05) is 5.84 Å². The number of nitrogens with zero attached hydrogens (tertiary/aromatic N) is 5. The molecule has 0 saturated heterocycles. The molecule has 3 aromatic rings. The Morgan fingerprint density at radius 1 is 1.20 bits per heavy atom. The van der Waals surface area contributed by atoms with Gasteiger partial charge >= 0.3 is 0 Å². The summed E-state index contributed by atoms with van der Waals surface area (Å²) >= 11 is 13.5. The molecule has 0 aliphatic carbocycles. The molecule has 2 N–H and O–H groups in total. The van der Waals surface area contributed by atoms with Gasteiger partial charge in [0.2, 0.25) is 11.0 Å². The molecule has 7 nitrogen and oxygen atoms in total. The van der Waals surface area contributed by atoms with Crippen molar-refractivity contribution in [3.05, 3.63) is 40.0 Å². The van der Waals surface area contributed by atoms with E-state index < -0.39 is 0 Å². The van der Waals surface area contributed by atoms with E-state index in [1.807, 2.05) is 20.8 Å². The summed E-state index contributed by atoms with van der Waals surface area (Å²) in [7, 11) is 0. The van der Waals surface area contributed by atoms with Crippen molar-refractivity contribution in [3.8, 4) is 11.4 Å². The SMILES string of the molecule is CC(C)c1noc(C(C)Sc2nnc(-c3ccc(Cl)cc3Cl)n2N)n1. The molecule has 1 aromatic carbocycles. The third kappa shape index (κ3) is 3.75. The highest BCUT2D eigenvalue weighted by Gasteiger charge is 2.22. The van der Waals surface area contributed by atoms with E-state index in [9.17, 15) is 0 Å². The minimum Gasteiger partial charge on any atom is -0.338 e. The zero-order valence-electron chi connectivity index (χ0n) is 13.8. The maximum atomic E-state index is 6.22. The fourth-order valence-electron chi connectivity index (χ4n) is 2.07. The minimum atomic E-state index is -0.125. The van der Waals surface area contributed by atoms with Crippen molar-refractivity contribution in [1.82, 2.24) is 25.0 Å². The molecule has 0 radical (unpaired) electrons. The number of benzene rings is 1. The van der Waals surface area contributed by atoms with Crippen molar-refractivity contribution in [2.24, 2.45) is 0 Å². The van der Waals surface area contributed by atoms with Crippen molar-refractivity contribution < 1.29 is 4.52 Å². The molecule has 1 unspecified atom stereocenters. The lowest BCUT2D eigenvalue weighted by atomic mass is 10.2. The number of rotatable bonds is 5. The molecule has 3 rings (SSSR count). The highest BCUT2D eigenvalue weighted by atomic mass is 35.5. The number of nitrogen functional groups attached to an aromatic ring is 1. The van der Waals surface area contributed by atoms with Crippen molar-refractivity contribution in [3.63, 3.8) is 0 Å². The molecule has 0 fully saturated rings. The molecular formula is C15H16Cl2N6OS. The molecular weight excluding hydrogens is 383 g/mol. The van der Waals surface area contributed by atoms with Gasteiger partial charge in [-0.2, -0.15) is 4.98 Å². The summed E-state index contributed by atoms with van der Waals surface area (Å²) in [6.07, 6.45) is 0. The van der Waals surface area contributed by atoms with E-state index in [-0.39, 0.29) is 11.2 Å². The molecule has 0 saturated carbocycles. The van der Waals surface area contributed by atoms with E-state index in [1.165, 1.54) is 16.4 Å². The Morgan fingerprint density at radius 3 is 2.60 bits per heavy atom. The molecule has 2 heterocycles. The monoisotopic (exact) mass is 398 g/mol. The Morgan fingerprint density at radius 2 is 1.96 bits per heavy atom. The van der Waals surface area contributed by atoms with E-state index in [0.717, 1.165) is 0 Å². The van der Waals surface area contributed by atoms with Crippen LogP contribution in [0, 0.1) is 0 Å². The maximum absolute atomic E-state index is 6.22. The summed E-state index contributed by atoms with van der Waals surface area (Å²) in [5.41, 5.74) is 0.653. The van der Waals surface area contributed by atoms with Gasteiger partial charge < -0.3 is 10.4 Å². The largest absolute Gasteiger partial charge is 0.338 e. The fraction of sp³-hybridized carbons (Fsp3) is 0.333. The lowest BCUT2D eigenvalue weighted by molar-refractivity contribution is 0.373. The maximum Gasteiger partial charge on any atom is 0.239 e. The molecule has 0 aliphatic heterocycles. The second kappa shape index (κ2) is 7.23. The molecule has 0 amide bonds. The first-order valence-electron chi connectivity index (χ1n) is 7.53. The van der Waals surface area contributed by atoms with Crippen LogP contribution in [0.4, 0.5) is 0 Å². The molecule has 0 bridgehead atoms. The van der Waals surface area contributed by atoms with Crippen LogP contribution in [-0.4, -0.2) is 25.0 Å². The Labute approximate surface area is 158 Å². The van der Waals surface area contributed by atoms with Crippen LogP contribution in [0.3, 0.4) is 0 Å². The van der Waals surface area contributed by atoms with E-state index in [4.69, 9.17) is 33.6 Å². The number of hydrogen-bond donors (Lipinski definition) is 1. The molecule has 10 heteroatoms. The van der Waals surface area contributed by atoms with E-state index in [2.05, 4.69) is 20.3 Å². The van der Waals surface area contributed by atoms with Gasteiger partial charge in [-0.3, -0.25) is 0 Å². The van der Waals surface area contributed by atoms with Crippen molar-refractivity contribution in [2.45, 2.75) is 37.1 Å². The zero-order chi connectivity index (χ0) is 18.1. The molecule has 2 aromatic heterocycles. The number of nitrogens with two attached hydrogens (primary N) is 1. The van der Waals surface area contributed by atoms with Crippen LogP contribution in [0.1, 0.15) is 43.7 Å².